The number of rotatable bonds is 4. The summed E-state index contributed by atoms with van der Waals surface area (Å²) in [5.74, 6) is 1.38. The lowest BCUT2D eigenvalue weighted by molar-refractivity contribution is 0.0388. The van der Waals surface area contributed by atoms with Gasteiger partial charge in [-0.25, -0.2) is 4.79 Å². The largest absolute Gasteiger partial charge is 0.486 e. The normalized spacial score (nSPS) is 17.8. The number of hydrogen-bond acceptors (Lipinski definition) is 5. The van der Waals surface area contributed by atoms with Gasteiger partial charge in [-0.3, -0.25) is 4.90 Å². The highest BCUT2D eigenvalue weighted by Gasteiger charge is 2.13. The first-order valence-corrected chi connectivity index (χ1v) is 7.56. The van der Waals surface area contributed by atoms with Gasteiger partial charge in [0.15, 0.2) is 11.5 Å². The van der Waals surface area contributed by atoms with E-state index in [2.05, 4.69) is 15.5 Å². The highest BCUT2D eigenvalue weighted by molar-refractivity contribution is 5.89. The van der Waals surface area contributed by atoms with Crippen LogP contribution in [-0.4, -0.2) is 63.5 Å². The summed E-state index contributed by atoms with van der Waals surface area (Å²) in [6.45, 7) is 5.90. The van der Waals surface area contributed by atoms with Gasteiger partial charge in [-0.2, -0.15) is 0 Å². The molecule has 2 aliphatic rings. The van der Waals surface area contributed by atoms with Crippen molar-refractivity contribution in [2.24, 2.45) is 0 Å². The van der Waals surface area contributed by atoms with Crippen LogP contribution in [-0.2, 0) is 4.74 Å². The predicted molar refractivity (Wildman–Crippen MR) is 81.7 cm³/mol. The lowest BCUT2D eigenvalue weighted by Gasteiger charge is -2.26. The summed E-state index contributed by atoms with van der Waals surface area (Å²) < 4.78 is 16.2. The van der Waals surface area contributed by atoms with E-state index in [1.807, 2.05) is 0 Å². The number of carbonyl (C=O) groups excluding carboxylic acids is 1. The van der Waals surface area contributed by atoms with Gasteiger partial charge in [-0.1, -0.05) is 0 Å². The van der Waals surface area contributed by atoms with Crippen molar-refractivity contribution in [2.45, 2.75) is 0 Å². The molecule has 2 aliphatic heterocycles. The maximum atomic E-state index is 11.9. The van der Waals surface area contributed by atoms with Gasteiger partial charge < -0.3 is 24.8 Å². The molecular weight excluding hydrogens is 286 g/mol. The molecule has 1 aromatic rings. The van der Waals surface area contributed by atoms with Gasteiger partial charge in [0.05, 0.1) is 13.2 Å². The van der Waals surface area contributed by atoms with Gasteiger partial charge in [-0.05, 0) is 12.1 Å². The first-order valence-electron chi connectivity index (χ1n) is 7.56. The maximum absolute atomic E-state index is 11.9. The van der Waals surface area contributed by atoms with E-state index in [1.165, 1.54) is 0 Å². The van der Waals surface area contributed by atoms with E-state index < -0.39 is 0 Å². The third kappa shape index (κ3) is 4.02. The fourth-order valence-electron chi connectivity index (χ4n) is 2.45. The number of benzene rings is 1. The third-order valence-corrected chi connectivity index (χ3v) is 3.62. The summed E-state index contributed by atoms with van der Waals surface area (Å²) >= 11 is 0. The summed E-state index contributed by atoms with van der Waals surface area (Å²) in [6.07, 6.45) is 0. The van der Waals surface area contributed by atoms with Crippen LogP contribution in [0.1, 0.15) is 0 Å². The number of amides is 2. The smallest absolute Gasteiger partial charge is 0.319 e. The van der Waals surface area contributed by atoms with E-state index in [0.717, 1.165) is 32.8 Å². The molecular formula is C15H21N3O4. The Labute approximate surface area is 129 Å². The van der Waals surface area contributed by atoms with Gasteiger partial charge in [0, 0.05) is 37.9 Å². The summed E-state index contributed by atoms with van der Waals surface area (Å²) in [6, 6.07) is 5.16. The van der Waals surface area contributed by atoms with Crippen LogP contribution in [0.5, 0.6) is 11.5 Å². The molecule has 0 atom stereocenters. The number of nitrogens with one attached hydrogen (secondary N) is 2. The quantitative estimate of drug-likeness (QED) is 0.865. The first-order chi connectivity index (χ1) is 10.8. The van der Waals surface area contributed by atoms with Crippen LogP contribution >= 0.6 is 0 Å². The van der Waals surface area contributed by atoms with E-state index in [9.17, 15) is 4.79 Å². The van der Waals surface area contributed by atoms with Crippen molar-refractivity contribution in [3.8, 4) is 11.5 Å². The van der Waals surface area contributed by atoms with Gasteiger partial charge in [0.25, 0.3) is 0 Å². The zero-order chi connectivity index (χ0) is 15.2. The zero-order valence-corrected chi connectivity index (χ0v) is 12.5. The molecule has 0 aromatic heterocycles. The van der Waals surface area contributed by atoms with Crippen molar-refractivity contribution in [3.05, 3.63) is 18.2 Å². The SMILES string of the molecule is O=C(NCCN1CCOCC1)Nc1ccc2c(c1)OCCO2. The molecule has 0 saturated carbocycles. The van der Waals surface area contributed by atoms with E-state index in [4.69, 9.17) is 14.2 Å². The lowest BCUT2D eigenvalue weighted by atomic mass is 10.2. The summed E-state index contributed by atoms with van der Waals surface area (Å²) in [4.78, 5) is 14.2. The van der Waals surface area contributed by atoms with Crippen molar-refractivity contribution < 1.29 is 19.0 Å². The molecule has 0 spiro atoms. The predicted octanol–water partition coefficient (Wildman–Crippen LogP) is 0.911. The molecule has 1 saturated heterocycles. The average Bonchev–Trinajstić information content (AvgIpc) is 2.56. The molecule has 2 amide bonds. The van der Waals surface area contributed by atoms with Crippen molar-refractivity contribution >= 4 is 11.7 Å². The van der Waals surface area contributed by atoms with Crippen LogP contribution in [0.3, 0.4) is 0 Å². The van der Waals surface area contributed by atoms with Gasteiger partial charge in [-0.15, -0.1) is 0 Å². The molecule has 22 heavy (non-hydrogen) atoms. The zero-order valence-electron chi connectivity index (χ0n) is 12.5. The molecule has 0 aliphatic carbocycles. The van der Waals surface area contributed by atoms with Gasteiger partial charge in [0.2, 0.25) is 0 Å². The average molecular weight is 307 g/mol. The Balaban J connectivity index is 1.43. The molecule has 0 bridgehead atoms. The number of fused-ring (bicyclic) bond motifs is 1. The molecule has 3 rings (SSSR count). The van der Waals surface area contributed by atoms with Crippen LogP contribution in [0.2, 0.25) is 0 Å². The minimum Gasteiger partial charge on any atom is -0.486 e. The standard InChI is InChI=1S/C15H21N3O4/c19-15(16-3-4-18-5-7-20-8-6-18)17-12-1-2-13-14(11-12)22-10-9-21-13/h1-2,11H,3-10H2,(H2,16,17,19). The molecule has 0 radical (unpaired) electrons. The molecule has 7 nitrogen and oxygen atoms in total. The third-order valence-electron chi connectivity index (χ3n) is 3.62. The Kier molecular flexibility index (Phi) is 4.97. The topological polar surface area (TPSA) is 72.1 Å². The highest BCUT2D eigenvalue weighted by Crippen LogP contribution is 2.32. The second-order valence-electron chi connectivity index (χ2n) is 5.19. The summed E-state index contributed by atoms with van der Waals surface area (Å²) in [5, 5.41) is 5.65. The van der Waals surface area contributed by atoms with Crippen LogP contribution in [0.25, 0.3) is 0 Å². The number of ether oxygens (including phenoxy) is 3. The Bertz CT molecular complexity index is 518. The molecule has 7 heteroatoms. The van der Waals surface area contributed by atoms with E-state index in [1.54, 1.807) is 18.2 Å². The van der Waals surface area contributed by atoms with Crippen LogP contribution in [0, 0.1) is 0 Å². The number of hydrogen-bond donors (Lipinski definition) is 2. The van der Waals surface area contributed by atoms with Crippen LogP contribution in [0.4, 0.5) is 10.5 Å². The Morgan fingerprint density at radius 1 is 1.09 bits per heavy atom. The summed E-state index contributed by atoms with van der Waals surface area (Å²) in [5.41, 5.74) is 0.688. The lowest BCUT2D eigenvalue weighted by Crippen LogP contribution is -2.42. The Morgan fingerprint density at radius 3 is 2.68 bits per heavy atom. The summed E-state index contributed by atoms with van der Waals surface area (Å²) in [7, 11) is 0. The molecule has 1 aromatic carbocycles. The Morgan fingerprint density at radius 2 is 1.86 bits per heavy atom. The minimum absolute atomic E-state index is 0.218. The van der Waals surface area contributed by atoms with Crippen molar-refractivity contribution in [2.75, 3.05) is 57.9 Å². The fourth-order valence-corrected chi connectivity index (χ4v) is 2.45. The van der Waals surface area contributed by atoms with E-state index in [0.29, 0.717) is 36.9 Å². The molecule has 2 heterocycles. The van der Waals surface area contributed by atoms with E-state index >= 15 is 0 Å². The minimum atomic E-state index is -0.218. The van der Waals surface area contributed by atoms with Crippen LogP contribution < -0.4 is 20.1 Å². The number of carbonyl (C=O) groups is 1. The van der Waals surface area contributed by atoms with Crippen molar-refractivity contribution in [3.63, 3.8) is 0 Å². The van der Waals surface area contributed by atoms with Crippen LogP contribution in [0.15, 0.2) is 18.2 Å². The molecule has 0 unspecified atom stereocenters. The van der Waals surface area contributed by atoms with E-state index in [-0.39, 0.29) is 6.03 Å². The second-order valence-corrected chi connectivity index (χ2v) is 5.19. The fraction of sp³-hybridized carbons (Fsp3) is 0.533. The Hall–Kier alpha value is -1.99. The molecule has 2 N–H and O–H groups in total. The molecule has 120 valence electrons. The van der Waals surface area contributed by atoms with Gasteiger partial charge in [0.1, 0.15) is 13.2 Å². The number of anilines is 1. The molecule has 1 fully saturated rings. The monoisotopic (exact) mass is 307 g/mol. The maximum Gasteiger partial charge on any atom is 0.319 e. The van der Waals surface area contributed by atoms with Gasteiger partial charge >= 0.3 is 6.03 Å². The number of urea groups is 1. The second kappa shape index (κ2) is 7.33. The van der Waals surface area contributed by atoms with Crippen molar-refractivity contribution in [1.29, 1.82) is 0 Å². The number of morpholine rings is 1. The van der Waals surface area contributed by atoms with Crippen molar-refractivity contribution in [1.82, 2.24) is 10.2 Å². The number of nitrogens with zero attached hydrogens (tertiary/aromatic N) is 1. The highest BCUT2D eigenvalue weighted by atomic mass is 16.6. The first kappa shape index (κ1) is 14.9.